The molecule has 0 saturated heterocycles. The molecule has 18 heavy (non-hydrogen) atoms. The second-order valence-electron chi connectivity index (χ2n) is 5.09. The minimum absolute atomic E-state index is 0.676. The first-order chi connectivity index (χ1) is 8.60. The first-order valence-corrected chi connectivity index (χ1v) is 6.90. The van der Waals surface area contributed by atoms with Crippen molar-refractivity contribution in [2.24, 2.45) is 5.92 Å². The van der Waals surface area contributed by atoms with Gasteiger partial charge in [0.2, 0.25) is 0 Å². The lowest BCUT2D eigenvalue weighted by molar-refractivity contribution is 0.643. The van der Waals surface area contributed by atoms with Gasteiger partial charge in [0.25, 0.3) is 0 Å². The van der Waals surface area contributed by atoms with Crippen molar-refractivity contribution in [3.05, 3.63) is 40.3 Å². The molecular formula is C15H20N2S. The maximum atomic E-state index is 5.07. The third kappa shape index (κ3) is 2.91. The number of hydrogen-bond donors (Lipinski definition) is 2. The quantitative estimate of drug-likeness (QED) is 0.779. The van der Waals surface area contributed by atoms with Crippen LogP contribution < -0.4 is 0 Å². The molecular weight excluding hydrogens is 240 g/mol. The molecule has 0 unspecified atom stereocenters. The summed E-state index contributed by atoms with van der Waals surface area (Å²) in [7, 11) is 0. The predicted octanol–water partition coefficient (Wildman–Crippen LogP) is 4.50. The number of imidazole rings is 1. The summed E-state index contributed by atoms with van der Waals surface area (Å²) in [5.74, 6) is 0.676. The largest absolute Gasteiger partial charge is 0.337 e. The van der Waals surface area contributed by atoms with Crippen LogP contribution in [0.15, 0.2) is 24.4 Å². The molecule has 1 aromatic carbocycles. The highest BCUT2D eigenvalue weighted by atomic mass is 32.1. The smallest absolute Gasteiger partial charge is 0.174 e. The maximum Gasteiger partial charge on any atom is 0.174 e. The first-order valence-electron chi connectivity index (χ1n) is 6.50. The van der Waals surface area contributed by atoms with Gasteiger partial charge in [-0.2, -0.15) is 0 Å². The molecule has 1 aromatic heterocycles. The number of benzene rings is 1. The number of H-pyrrole nitrogens is 2. The molecule has 0 bridgehead atoms. The SMILES string of the molecule is CCc1ccc(-c2c[nH]c(=S)[nH]2)cc1CC(C)C. The van der Waals surface area contributed by atoms with Gasteiger partial charge in [-0.25, -0.2) is 0 Å². The molecule has 0 fully saturated rings. The minimum atomic E-state index is 0.676. The van der Waals surface area contributed by atoms with E-state index < -0.39 is 0 Å². The van der Waals surface area contributed by atoms with Crippen molar-refractivity contribution in [2.45, 2.75) is 33.6 Å². The molecule has 2 aromatic rings. The van der Waals surface area contributed by atoms with Gasteiger partial charge in [0, 0.05) is 6.20 Å². The number of aromatic nitrogens is 2. The van der Waals surface area contributed by atoms with Crippen molar-refractivity contribution in [2.75, 3.05) is 0 Å². The van der Waals surface area contributed by atoms with E-state index in [1.54, 1.807) is 0 Å². The van der Waals surface area contributed by atoms with E-state index in [1.807, 2.05) is 6.20 Å². The molecule has 0 spiro atoms. The van der Waals surface area contributed by atoms with Crippen LogP contribution in [0.25, 0.3) is 11.3 Å². The molecule has 1 heterocycles. The molecule has 0 amide bonds. The predicted molar refractivity (Wildman–Crippen MR) is 79.3 cm³/mol. The molecule has 0 atom stereocenters. The van der Waals surface area contributed by atoms with Crippen molar-refractivity contribution in [1.82, 2.24) is 9.97 Å². The Bertz CT molecular complexity index is 578. The summed E-state index contributed by atoms with van der Waals surface area (Å²) in [6.45, 7) is 6.73. The standard InChI is InChI=1S/C15H20N2S/c1-4-11-5-6-12(8-13(11)7-10(2)3)14-9-16-15(18)17-14/h5-6,8-10H,4,7H2,1-3H3,(H2,16,17,18). The van der Waals surface area contributed by atoms with E-state index in [-0.39, 0.29) is 0 Å². The molecule has 0 aliphatic carbocycles. The average molecular weight is 260 g/mol. The van der Waals surface area contributed by atoms with Gasteiger partial charge in [-0.15, -0.1) is 0 Å². The highest BCUT2D eigenvalue weighted by Crippen LogP contribution is 2.23. The lowest BCUT2D eigenvalue weighted by atomic mass is 9.94. The van der Waals surface area contributed by atoms with Crippen LogP contribution in [0.2, 0.25) is 0 Å². The van der Waals surface area contributed by atoms with Crippen molar-refractivity contribution in [1.29, 1.82) is 0 Å². The van der Waals surface area contributed by atoms with E-state index in [0.717, 1.165) is 18.5 Å². The summed E-state index contributed by atoms with van der Waals surface area (Å²) in [5, 5.41) is 0. The van der Waals surface area contributed by atoms with Crippen LogP contribution in [-0.4, -0.2) is 9.97 Å². The molecule has 2 nitrogen and oxygen atoms in total. The Labute approximate surface area is 113 Å². The number of nitrogens with one attached hydrogen (secondary N) is 2. The monoisotopic (exact) mass is 260 g/mol. The lowest BCUT2D eigenvalue weighted by Crippen LogP contribution is -1.99. The van der Waals surface area contributed by atoms with Gasteiger partial charge in [0.15, 0.2) is 4.77 Å². The summed E-state index contributed by atoms with van der Waals surface area (Å²) in [6.07, 6.45) is 4.15. The van der Waals surface area contributed by atoms with Crippen molar-refractivity contribution < 1.29 is 0 Å². The highest BCUT2D eigenvalue weighted by Gasteiger charge is 2.07. The third-order valence-corrected chi connectivity index (χ3v) is 3.34. The summed E-state index contributed by atoms with van der Waals surface area (Å²) in [5.41, 5.74) is 5.16. The Balaban J connectivity index is 2.41. The summed E-state index contributed by atoms with van der Waals surface area (Å²) in [4.78, 5) is 6.18. The number of rotatable bonds is 4. The maximum absolute atomic E-state index is 5.07. The second-order valence-corrected chi connectivity index (χ2v) is 5.50. The van der Waals surface area contributed by atoms with Gasteiger partial charge >= 0.3 is 0 Å². The number of hydrogen-bond acceptors (Lipinski definition) is 1. The van der Waals surface area contributed by atoms with E-state index >= 15 is 0 Å². The average Bonchev–Trinajstić information content (AvgIpc) is 2.75. The fraction of sp³-hybridized carbons (Fsp3) is 0.400. The number of aryl methyl sites for hydroxylation is 1. The van der Waals surface area contributed by atoms with E-state index in [0.29, 0.717) is 10.7 Å². The Morgan fingerprint density at radius 3 is 2.56 bits per heavy atom. The molecule has 0 radical (unpaired) electrons. The van der Waals surface area contributed by atoms with Crippen molar-refractivity contribution in [3.8, 4) is 11.3 Å². The Hall–Kier alpha value is -1.35. The van der Waals surface area contributed by atoms with Gasteiger partial charge in [-0.05, 0) is 53.7 Å². The minimum Gasteiger partial charge on any atom is -0.337 e. The van der Waals surface area contributed by atoms with E-state index in [4.69, 9.17) is 12.2 Å². The van der Waals surface area contributed by atoms with E-state index in [2.05, 4.69) is 48.9 Å². The van der Waals surface area contributed by atoms with Crippen molar-refractivity contribution in [3.63, 3.8) is 0 Å². The van der Waals surface area contributed by atoms with Gasteiger partial charge in [0.1, 0.15) is 0 Å². The summed E-state index contributed by atoms with van der Waals surface area (Å²) in [6, 6.07) is 6.68. The van der Waals surface area contributed by atoms with Gasteiger partial charge < -0.3 is 9.97 Å². The summed E-state index contributed by atoms with van der Waals surface area (Å²) < 4.78 is 0.676. The Morgan fingerprint density at radius 1 is 1.22 bits per heavy atom. The third-order valence-electron chi connectivity index (χ3n) is 3.12. The van der Waals surface area contributed by atoms with Crippen LogP contribution in [0, 0.1) is 10.7 Å². The van der Waals surface area contributed by atoms with Crippen LogP contribution in [0.4, 0.5) is 0 Å². The number of aromatic amines is 2. The molecule has 0 saturated carbocycles. The van der Waals surface area contributed by atoms with Crippen LogP contribution in [0.5, 0.6) is 0 Å². The van der Waals surface area contributed by atoms with Gasteiger partial charge in [-0.3, -0.25) is 0 Å². The van der Waals surface area contributed by atoms with Crippen LogP contribution in [0.3, 0.4) is 0 Å². The first kappa shape index (κ1) is 13.1. The topological polar surface area (TPSA) is 31.6 Å². The Morgan fingerprint density at radius 2 is 2.00 bits per heavy atom. The van der Waals surface area contributed by atoms with Crippen molar-refractivity contribution >= 4 is 12.2 Å². The lowest BCUT2D eigenvalue weighted by Gasteiger charge is -2.12. The molecule has 96 valence electrons. The van der Waals surface area contributed by atoms with Crippen LogP contribution in [0.1, 0.15) is 31.9 Å². The molecule has 2 rings (SSSR count). The second kappa shape index (κ2) is 5.53. The molecule has 2 N–H and O–H groups in total. The van der Waals surface area contributed by atoms with E-state index in [1.165, 1.54) is 16.7 Å². The van der Waals surface area contributed by atoms with E-state index in [9.17, 15) is 0 Å². The Kier molecular flexibility index (Phi) is 4.02. The fourth-order valence-electron chi connectivity index (χ4n) is 2.26. The van der Waals surface area contributed by atoms with Gasteiger partial charge in [0.05, 0.1) is 5.69 Å². The van der Waals surface area contributed by atoms with Gasteiger partial charge in [-0.1, -0.05) is 32.9 Å². The normalized spacial score (nSPS) is 11.1. The van der Waals surface area contributed by atoms with Crippen LogP contribution in [-0.2, 0) is 12.8 Å². The zero-order valence-electron chi connectivity index (χ0n) is 11.2. The highest BCUT2D eigenvalue weighted by molar-refractivity contribution is 7.71. The van der Waals surface area contributed by atoms with Crippen LogP contribution >= 0.6 is 12.2 Å². The summed E-state index contributed by atoms with van der Waals surface area (Å²) >= 11 is 5.07. The fourth-order valence-corrected chi connectivity index (χ4v) is 2.42. The molecule has 0 aliphatic rings. The zero-order valence-corrected chi connectivity index (χ0v) is 12.0. The molecule has 3 heteroatoms. The molecule has 0 aliphatic heterocycles. The zero-order chi connectivity index (χ0) is 13.1.